The van der Waals surface area contributed by atoms with Gasteiger partial charge in [0.05, 0.1) is 6.10 Å². The average molecular weight is 557 g/mol. The minimum Gasteiger partial charge on any atom is -0.480 e. The summed E-state index contributed by atoms with van der Waals surface area (Å²) >= 11 is 1.52. The molecule has 1 aliphatic rings. The maximum Gasteiger partial charge on any atom is 0.340 e. The average Bonchev–Trinajstić information content (AvgIpc) is 2.89. The van der Waals surface area contributed by atoms with Gasteiger partial charge in [0, 0.05) is 5.56 Å². The number of aryl methyl sites for hydroxylation is 1. The summed E-state index contributed by atoms with van der Waals surface area (Å²) < 4.78 is 12.1. The Labute approximate surface area is 235 Å². The number of rotatable bonds is 11. The second-order valence-electron chi connectivity index (χ2n) is 10.8. The number of piperidine rings is 1. The molecule has 1 saturated heterocycles. The SMILES string of the molecule is CSCC[C@H](NC(=O)c1ccc(C(OC2CCNCC2)C(=O)OC(C)(C)C)cc1-c1ccccc1C)C(=O)O. The molecule has 2 aromatic rings. The lowest BCUT2D eigenvalue weighted by molar-refractivity contribution is -0.174. The van der Waals surface area contributed by atoms with E-state index in [2.05, 4.69) is 10.6 Å². The molecule has 1 fully saturated rings. The van der Waals surface area contributed by atoms with Crippen molar-refractivity contribution in [2.75, 3.05) is 25.1 Å². The molecule has 1 amide bonds. The predicted molar refractivity (Wildman–Crippen MR) is 154 cm³/mol. The molecule has 0 aliphatic carbocycles. The summed E-state index contributed by atoms with van der Waals surface area (Å²) in [5, 5.41) is 15.6. The number of esters is 1. The van der Waals surface area contributed by atoms with Crippen molar-refractivity contribution in [3.63, 3.8) is 0 Å². The van der Waals surface area contributed by atoms with E-state index in [1.54, 1.807) is 18.2 Å². The number of ether oxygens (including phenoxy) is 2. The van der Waals surface area contributed by atoms with Crippen LogP contribution in [0.4, 0.5) is 0 Å². The zero-order valence-corrected chi connectivity index (χ0v) is 24.2. The number of nitrogens with one attached hydrogen (secondary N) is 2. The van der Waals surface area contributed by atoms with Crippen LogP contribution in [-0.2, 0) is 19.1 Å². The molecule has 0 aromatic heterocycles. The van der Waals surface area contributed by atoms with E-state index in [1.807, 2.05) is 58.2 Å². The third kappa shape index (κ3) is 8.81. The van der Waals surface area contributed by atoms with Gasteiger partial charge in [-0.05, 0) is 106 Å². The van der Waals surface area contributed by atoms with Crippen molar-refractivity contribution in [1.82, 2.24) is 10.6 Å². The fourth-order valence-corrected chi connectivity index (χ4v) is 4.97. The number of benzene rings is 2. The summed E-state index contributed by atoms with van der Waals surface area (Å²) in [7, 11) is 0. The Morgan fingerprint density at radius 2 is 1.79 bits per heavy atom. The molecule has 0 saturated carbocycles. The zero-order chi connectivity index (χ0) is 28.6. The molecule has 3 N–H and O–H groups in total. The van der Waals surface area contributed by atoms with Crippen LogP contribution in [0.2, 0.25) is 0 Å². The summed E-state index contributed by atoms with van der Waals surface area (Å²) in [5.74, 6) is -1.45. The number of thioether (sulfide) groups is 1. The Kier molecular flexibility index (Phi) is 11.0. The van der Waals surface area contributed by atoms with Crippen LogP contribution in [0.3, 0.4) is 0 Å². The highest BCUT2D eigenvalue weighted by molar-refractivity contribution is 7.98. The van der Waals surface area contributed by atoms with E-state index in [0.717, 1.165) is 37.1 Å². The van der Waals surface area contributed by atoms with Crippen molar-refractivity contribution in [3.05, 3.63) is 59.2 Å². The van der Waals surface area contributed by atoms with Gasteiger partial charge in [-0.1, -0.05) is 30.3 Å². The lowest BCUT2D eigenvalue weighted by Crippen LogP contribution is -2.41. The van der Waals surface area contributed by atoms with Crippen molar-refractivity contribution in [2.45, 2.75) is 70.8 Å². The van der Waals surface area contributed by atoms with Crippen molar-refractivity contribution in [3.8, 4) is 11.1 Å². The van der Waals surface area contributed by atoms with Gasteiger partial charge in [-0.25, -0.2) is 9.59 Å². The highest BCUT2D eigenvalue weighted by Crippen LogP contribution is 2.33. The maximum absolute atomic E-state index is 13.4. The van der Waals surface area contributed by atoms with Crippen molar-refractivity contribution < 1.29 is 29.0 Å². The summed E-state index contributed by atoms with van der Waals surface area (Å²) in [4.78, 5) is 38.6. The third-order valence-corrected chi connectivity index (χ3v) is 7.12. The van der Waals surface area contributed by atoms with Gasteiger partial charge < -0.3 is 25.2 Å². The van der Waals surface area contributed by atoms with Crippen LogP contribution in [0.15, 0.2) is 42.5 Å². The molecule has 3 rings (SSSR count). The van der Waals surface area contributed by atoms with Crippen molar-refractivity contribution in [1.29, 1.82) is 0 Å². The van der Waals surface area contributed by atoms with E-state index in [4.69, 9.17) is 9.47 Å². The molecule has 39 heavy (non-hydrogen) atoms. The summed E-state index contributed by atoms with van der Waals surface area (Å²) in [6, 6.07) is 11.8. The molecule has 0 spiro atoms. The highest BCUT2D eigenvalue weighted by atomic mass is 32.2. The first-order valence-corrected chi connectivity index (χ1v) is 14.7. The molecule has 0 bridgehead atoms. The van der Waals surface area contributed by atoms with Gasteiger partial charge in [-0.15, -0.1) is 0 Å². The van der Waals surface area contributed by atoms with Crippen LogP contribution in [-0.4, -0.2) is 65.8 Å². The number of hydrogen-bond donors (Lipinski definition) is 3. The molecule has 2 atom stereocenters. The number of hydrogen-bond acceptors (Lipinski definition) is 7. The molecule has 212 valence electrons. The Bertz CT molecular complexity index is 1160. The molecule has 0 radical (unpaired) electrons. The summed E-state index contributed by atoms with van der Waals surface area (Å²) in [6.45, 7) is 9.00. The summed E-state index contributed by atoms with van der Waals surface area (Å²) in [6.07, 6.45) is 2.67. The van der Waals surface area contributed by atoms with Crippen LogP contribution in [0.25, 0.3) is 11.1 Å². The Morgan fingerprint density at radius 3 is 2.41 bits per heavy atom. The van der Waals surface area contributed by atoms with Crippen LogP contribution in [0.1, 0.15) is 67.6 Å². The number of amides is 1. The van der Waals surface area contributed by atoms with Gasteiger partial charge in [0.15, 0.2) is 6.10 Å². The van der Waals surface area contributed by atoms with E-state index in [1.165, 1.54) is 11.8 Å². The van der Waals surface area contributed by atoms with Crippen molar-refractivity contribution in [2.24, 2.45) is 0 Å². The Balaban J connectivity index is 2.05. The molecule has 8 nitrogen and oxygen atoms in total. The van der Waals surface area contributed by atoms with Crippen LogP contribution < -0.4 is 10.6 Å². The van der Waals surface area contributed by atoms with E-state index in [9.17, 15) is 19.5 Å². The minimum absolute atomic E-state index is 0.110. The van der Waals surface area contributed by atoms with Gasteiger partial charge >= 0.3 is 11.9 Å². The highest BCUT2D eigenvalue weighted by Gasteiger charge is 2.32. The normalized spacial score (nSPS) is 15.8. The second-order valence-corrected chi connectivity index (χ2v) is 11.8. The molecular weight excluding hydrogens is 516 g/mol. The molecule has 9 heteroatoms. The van der Waals surface area contributed by atoms with Gasteiger partial charge in [0.1, 0.15) is 11.6 Å². The lowest BCUT2D eigenvalue weighted by atomic mass is 9.92. The fraction of sp³-hybridized carbons (Fsp3) is 0.500. The van der Waals surface area contributed by atoms with E-state index < -0.39 is 35.6 Å². The van der Waals surface area contributed by atoms with Gasteiger partial charge in [0.25, 0.3) is 5.91 Å². The second kappa shape index (κ2) is 14.0. The first-order valence-electron chi connectivity index (χ1n) is 13.3. The lowest BCUT2D eigenvalue weighted by Gasteiger charge is -2.30. The minimum atomic E-state index is -1.08. The van der Waals surface area contributed by atoms with Gasteiger partial charge in [0.2, 0.25) is 0 Å². The number of carbonyl (C=O) groups excluding carboxylic acids is 2. The smallest absolute Gasteiger partial charge is 0.340 e. The van der Waals surface area contributed by atoms with Crippen LogP contribution in [0, 0.1) is 6.92 Å². The van der Waals surface area contributed by atoms with Crippen molar-refractivity contribution >= 4 is 29.6 Å². The molecule has 1 unspecified atom stereocenters. The number of carboxylic acids is 1. The quantitative estimate of drug-likeness (QED) is 0.340. The van der Waals surface area contributed by atoms with Gasteiger partial charge in [-0.3, -0.25) is 4.79 Å². The first-order chi connectivity index (χ1) is 18.5. The maximum atomic E-state index is 13.4. The van der Waals surface area contributed by atoms with Gasteiger partial charge in [-0.2, -0.15) is 11.8 Å². The Hall–Kier alpha value is -2.88. The molecular formula is C30H40N2O6S. The van der Waals surface area contributed by atoms with E-state index in [-0.39, 0.29) is 6.10 Å². The Morgan fingerprint density at radius 1 is 1.10 bits per heavy atom. The van der Waals surface area contributed by atoms with Crippen LogP contribution in [0.5, 0.6) is 0 Å². The predicted octanol–water partition coefficient (Wildman–Crippen LogP) is 4.75. The standard InChI is InChI=1S/C30H40N2O6S/c1-19-8-6-7-9-22(19)24-18-20(10-11-23(24)27(33)32-25(28(34)35)14-17-39-5)26(29(36)38-30(2,3)4)37-21-12-15-31-16-13-21/h6-11,18,21,25-26,31H,12-17H2,1-5H3,(H,32,33)(H,34,35)/t25-,26?/m0/s1. The molecule has 1 heterocycles. The monoisotopic (exact) mass is 556 g/mol. The third-order valence-electron chi connectivity index (χ3n) is 6.48. The van der Waals surface area contributed by atoms with E-state index in [0.29, 0.717) is 28.9 Å². The fourth-order valence-electron chi connectivity index (χ4n) is 4.50. The van der Waals surface area contributed by atoms with Crippen LogP contribution >= 0.6 is 11.8 Å². The number of carbonyl (C=O) groups is 3. The largest absolute Gasteiger partial charge is 0.480 e. The number of carboxylic acid groups (broad SMARTS) is 1. The topological polar surface area (TPSA) is 114 Å². The first kappa shape index (κ1) is 30.7. The molecule has 2 aromatic carbocycles. The number of aliphatic carboxylic acids is 1. The zero-order valence-electron chi connectivity index (χ0n) is 23.4. The molecule has 1 aliphatic heterocycles. The van der Waals surface area contributed by atoms with E-state index >= 15 is 0 Å². The summed E-state index contributed by atoms with van der Waals surface area (Å²) in [5.41, 5.74) is 2.55.